The van der Waals surface area contributed by atoms with Gasteiger partial charge in [-0.1, -0.05) is 6.07 Å². The van der Waals surface area contributed by atoms with Crippen molar-refractivity contribution in [3.63, 3.8) is 0 Å². The number of nitrogens with one attached hydrogen (secondary N) is 1. The average molecular weight is 373 g/mol. The van der Waals surface area contributed by atoms with E-state index in [9.17, 15) is 9.59 Å². The first-order chi connectivity index (χ1) is 8.56. The molecule has 18 heavy (non-hydrogen) atoms. The molecule has 0 radical (unpaired) electrons. The van der Waals surface area contributed by atoms with E-state index in [1.807, 2.05) is 0 Å². The minimum absolute atomic E-state index is 0.146. The Balaban J connectivity index is 2.16. The maximum absolute atomic E-state index is 11.9. The van der Waals surface area contributed by atoms with Crippen LogP contribution in [0.2, 0.25) is 0 Å². The molecule has 2 aromatic rings. The Labute approximate surface area is 121 Å². The van der Waals surface area contributed by atoms with Gasteiger partial charge in [0, 0.05) is 11.1 Å². The first kappa shape index (κ1) is 13.0. The summed E-state index contributed by atoms with van der Waals surface area (Å²) in [6, 6.07) is 7.93. The average Bonchev–Trinajstić information content (AvgIpc) is 2.76. The highest BCUT2D eigenvalue weighted by atomic mass is 127. The van der Waals surface area contributed by atoms with Crippen molar-refractivity contribution in [2.75, 3.05) is 5.32 Å². The third kappa shape index (κ3) is 3.08. The van der Waals surface area contributed by atoms with Gasteiger partial charge in [0.2, 0.25) is 0 Å². The highest BCUT2D eigenvalue weighted by molar-refractivity contribution is 14.1. The lowest BCUT2D eigenvalue weighted by atomic mass is 10.2. The second-order valence-electron chi connectivity index (χ2n) is 3.48. The molecule has 1 aromatic carbocycles. The highest BCUT2D eigenvalue weighted by Gasteiger charge is 2.09. The van der Waals surface area contributed by atoms with E-state index < -0.39 is 5.97 Å². The Hall–Kier alpha value is -1.41. The van der Waals surface area contributed by atoms with Gasteiger partial charge in [-0.25, -0.2) is 4.79 Å². The van der Waals surface area contributed by atoms with Crippen LogP contribution in [-0.2, 0) is 0 Å². The van der Waals surface area contributed by atoms with E-state index >= 15 is 0 Å². The zero-order valence-corrected chi connectivity index (χ0v) is 12.0. The van der Waals surface area contributed by atoms with Crippen molar-refractivity contribution in [2.45, 2.75) is 0 Å². The number of carbonyl (C=O) groups is 2. The van der Waals surface area contributed by atoms with Crippen molar-refractivity contribution in [1.29, 1.82) is 0 Å². The summed E-state index contributed by atoms with van der Waals surface area (Å²) in [5.74, 6) is -1.26. The smallest absolute Gasteiger partial charge is 0.335 e. The van der Waals surface area contributed by atoms with E-state index in [2.05, 4.69) is 27.9 Å². The molecule has 0 aliphatic rings. The van der Waals surface area contributed by atoms with Gasteiger partial charge in [-0.2, -0.15) is 0 Å². The lowest BCUT2D eigenvalue weighted by Crippen LogP contribution is -2.11. The number of halogens is 1. The van der Waals surface area contributed by atoms with Crippen molar-refractivity contribution in [2.24, 2.45) is 0 Å². The maximum Gasteiger partial charge on any atom is 0.335 e. The van der Waals surface area contributed by atoms with Gasteiger partial charge in [0.15, 0.2) is 0 Å². The molecule has 1 aromatic heterocycles. The molecule has 0 spiro atoms. The topological polar surface area (TPSA) is 66.4 Å². The molecule has 0 aliphatic heterocycles. The van der Waals surface area contributed by atoms with Gasteiger partial charge in [0.25, 0.3) is 5.91 Å². The third-order valence-corrected chi connectivity index (χ3v) is 3.99. The van der Waals surface area contributed by atoms with Crippen LogP contribution in [0.5, 0.6) is 0 Å². The molecule has 0 atom stereocenters. The molecule has 0 unspecified atom stereocenters. The van der Waals surface area contributed by atoms with E-state index in [1.54, 1.807) is 23.6 Å². The molecular weight excluding hydrogens is 365 g/mol. The lowest BCUT2D eigenvalue weighted by Gasteiger charge is -2.04. The van der Waals surface area contributed by atoms with Crippen LogP contribution < -0.4 is 5.32 Å². The van der Waals surface area contributed by atoms with Crippen LogP contribution in [-0.4, -0.2) is 17.0 Å². The number of rotatable bonds is 3. The molecule has 0 aliphatic carbocycles. The summed E-state index contributed by atoms with van der Waals surface area (Å²) in [5.41, 5.74) is 1.19. The van der Waals surface area contributed by atoms with Gasteiger partial charge in [-0.05, 0) is 46.9 Å². The van der Waals surface area contributed by atoms with Gasteiger partial charge >= 0.3 is 5.97 Å². The molecule has 0 saturated carbocycles. The number of amides is 1. The predicted molar refractivity (Wildman–Crippen MR) is 78.4 cm³/mol. The Morgan fingerprint density at radius 2 is 2.00 bits per heavy atom. The fourth-order valence-corrected chi connectivity index (χ4v) is 2.69. The van der Waals surface area contributed by atoms with E-state index in [0.717, 1.165) is 2.88 Å². The summed E-state index contributed by atoms with van der Waals surface area (Å²) < 4.78 is 1.03. The summed E-state index contributed by atoms with van der Waals surface area (Å²) >= 11 is 3.62. The van der Waals surface area contributed by atoms with Crippen LogP contribution in [0.15, 0.2) is 35.7 Å². The molecule has 0 saturated heterocycles. The Kier molecular flexibility index (Phi) is 3.97. The van der Waals surface area contributed by atoms with Crippen LogP contribution in [0, 0.1) is 2.88 Å². The molecule has 4 nitrogen and oxygen atoms in total. The molecular formula is C12H8INO3S. The minimum atomic E-state index is -1.02. The Morgan fingerprint density at radius 3 is 2.61 bits per heavy atom. The fourth-order valence-electron chi connectivity index (χ4n) is 1.36. The standard InChI is InChI=1S/C12H8INO3S/c13-10-5-8(6-18-10)11(15)14-9-3-1-2-7(4-9)12(16)17/h1-6H,(H,14,15)(H,16,17). The summed E-state index contributed by atoms with van der Waals surface area (Å²) in [6.07, 6.45) is 0. The van der Waals surface area contributed by atoms with E-state index in [1.165, 1.54) is 23.5 Å². The summed E-state index contributed by atoms with van der Waals surface area (Å²) in [4.78, 5) is 22.7. The van der Waals surface area contributed by atoms with Crippen LogP contribution in [0.3, 0.4) is 0 Å². The van der Waals surface area contributed by atoms with Crippen molar-refractivity contribution in [3.05, 3.63) is 49.7 Å². The Bertz CT molecular complexity index is 609. The van der Waals surface area contributed by atoms with E-state index in [0.29, 0.717) is 11.3 Å². The zero-order valence-electron chi connectivity index (χ0n) is 9.01. The molecule has 2 rings (SSSR count). The van der Waals surface area contributed by atoms with Crippen LogP contribution in [0.1, 0.15) is 20.7 Å². The summed E-state index contributed by atoms with van der Waals surface area (Å²) in [7, 11) is 0. The fraction of sp³-hybridized carbons (Fsp3) is 0. The molecule has 2 N–H and O–H groups in total. The van der Waals surface area contributed by atoms with E-state index in [4.69, 9.17) is 5.11 Å². The second-order valence-corrected chi connectivity index (χ2v) is 6.28. The lowest BCUT2D eigenvalue weighted by molar-refractivity contribution is 0.0696. The summed E-state index contributed by atoms with van der Waals surface area (Å²) in [6.45, 7) is 0. The zero-order chi connectivity index (χ0) is 13.1. The SMILES string of the molecule is O=C(O)c1cccc(NC(=O)c2csc(I)c2)c1. The molecule has 0 bridgehead atoms. The van der Waals surface area contributed by atoms with Crippen molar-refractivity contribution >= 4 is 51.5 Å². The van der Waals surface area contributed by atoms with Crippen LogP contribution >= 0.6 is 33.9 Å². The highest BCUT2D eigenvalue weighted by Crippen LogP contribution is 2.18. The first-order valence-corrected chi connectivity index (χ1v) is 6.91. The predicted octanol–water partition coefficient (Wildman–Crippen LogP) is 3.30. The van der Waals surface area contributed by atoms with Gasteiger partial charge in [-0.15, -0.1) is 11.3 Å². The minimum Gasteiger partial charge on any atom is -0.478 e. The third-order valence-electron chi connectivity index (χ3n) is 2.20. The number of hydrogen-bond acceptors (Lipinski definition) is 3. The van der Waals surface area contributed by atoms with Crippen LogP contribution in [0.4, 0.5) is 5.69 Å². The van der Waals surface area contributed by atoms with Crippen molar-refractivity contribution in [1.82, 2.24) is 0 Å². The molecule has 0 fully saturated rings. The Morgan fingerprint density at radius 1 is 1.22 bits per heavy atom. The quantitative estimate of drug-likeness (QED) is 0.812. The van der Waals surface area contributed by atoms with Crippen LogP contribution in [0.25, 0.3) is 0 Å². The summed E-state index contributed by atoms with van der Waals surface area (Å²) in [5, 5.41) is 13.3. The van der Waals surface area contributed by atoms with Crippen molar-refractivity contribution in [3.8, 4) is 0 Å². The van der Waals surface area contributed by atoms with Gasteiger partial charge in [-0.3, -0.25) is 4.79 Å². The number of carbonyl (C=O) groups excluding carboxylic acids is 1. The van der Waals surface area contributed by atoms with Gasteiger partial charge in [0.05, 0.1) is 14.0 Å². The largest absolute Gasteiger partial charge is 0.478 e. The molecule has 1 heterocycles. The number of benzene rings is 1. The second kappa shape index (κ2) is 5.49. The van der Waals surface area contributed by atoms with Crippen molar-refractivity contribution < 1.29 is 14.7 Å². The first-order valence-electron chi connectivity index (χ1n) is 4.95. The maximum atomic E-state index is 11.9. The van der Waals surface area contributed by atoms with E-state index in [-0.39, 0.29) is 11.5 Å². The number of hydrogen-bond donors (Lipinski definition) is 2. The van der Waals surface area contributed by atoms with Gasteiger partial charge in [0.1, 0.15) is 0 Å². The van der Waals surface area contributed by atoms with Gasteiger partial charge < -0.3 is 10.4 Å². The number of anilines is 1. The molecule has 1 amide bonds. The molecule has 92 valence electrons. The number of carboxylic acid groups (broad SMARTS) is 1. The number of aromatic carboxylic acids is 1. The number of carboxylic acids is 1. The molecule has 6 heteroatoms. The normalized spacial score (nSPS) is 10.1. The monoisotopic (exact) mass is 373 g/mol. The number of thiophene rings is 1.